The first-order chi connectivity index (χ1) is 13.8. The Bertz CT molecular complexity index is 991. The number of ether oxygens (including phenoxy) is 3. The topological polar surface area (TPSA) is 27.7 Å². The summed E-state index contributed by atoms with van der Waals surface area (Å²) in [7, 11) is 0. The van der Waals surface area contributed by atoms with Crippen molar-refractivity contribution in [1.29, 1.82) is 0 Å². The predicted molar refractivity (Wildman–Crippen MR) is 114 cm³/mol. The first-order valence-electron chi connectivity index (χ1n) is 10.0. The van der Waals surface area contributed by atoms with E-state index in [1.54, 1.807) is 0 Å². The van der Waals surface area contributed by atoms with Crippen molar-refractivity contribution in [3.63, 3.8) is 0 Å². The lowest BCUT2D eigenvalue weighted by Crippen LogP contribution is -2.04. The minimum Gasteiger partial charge on any atom is -0.490 e. The van der Waals surface area contributed by atoms with Crippen molar-refractivity contribution in [2.45, 2.75) is 27.2 Å². The molecule has 0 amide bonds. The Labute approximate surface area is 166 Å². The van der Waals surface area contributed by atoms with Crippen molar-refractivity contribution in [3.8, 4) is 39.5 Å². The molecule has 0 fully saturated rings. The standard InChI is InChI=1S/C25H26O3/c1-4-26-23-15-14-21(24(27-5-2)25(23)28-6-3)20-13-9-12-19-18-11-8-7-10-17(18)16-22(19)20/h7-15H,4-6,16H2,1-3H3. The summed E-state index contributed by atoms with van der Waals surface area (Å²) in [5, 5.41) is 0. The molecule has 0 N–H and O–H groups in total. The molecule has 0 atom stereocenters. The van der Waals surface area contributed by atoms with Crippen molar-refractivity contribution in [2.75, 3.05) is 19.8 Å². The van der Waals surface area contributed by atoms with Crippen molar-refractivity contribution in [1.82, 2.24) is 0 Å². The van der Waals surface area contributed by atoms with E-state index in [9.17, 15) is 0 Å². The molecule has 28 heavy (non-hydrogen) atoms. The normalized spacial score (nSPS) is 11.7. The molecular formula is C25H26O3. The summed E-state index contributed by atoms with van der Waals surface area (Å²) in [6.45, 7) is 7.67. The number of fused-ring (bicyclic) bond motifs is 3. The molecule has 3 aromatic carbocycles. The molecule has 0 saturated heterocycles. The van der Waals surface area contributed by atoms with E-state index in [0.717, 1.165) is 23.5 Å². The number of rotatable bonds is 7. The minimum atomic E-state index is 0.557. The lowest BCUT2D eigenvalue weighted by molar-refractivity contribution is 0.261. The third-order valence-corrected chi connectivity index (χ3v) is 5.09. The number of benzene rings is 3. The van der Waals surface area contributed by atoms with E-state index in [0.29, 0.717) is 25.6 Å². The molecule has 0 unspecified atom stereocenters. The van der Waals surface area contributed by atoms with Crippen LogP contribution in [0.3, 0.4) is 0 Å². The second-order valence-corrected chi connectivity index (χ2v) is 6.73. The summed E-state index contributed by atoms with van der Waals surface area (Å²) in [4.78, 5) is 0. The summed E-state index contributed by atoms with van der Waals surface area (Å²) in [5.74, 6) is 2.18. The van der Waals surface area contributed by atoms with E-state index < -0.39 is 0 Å². The van der Waals surface area contributed by atoms with Gasteiger partial charge in [-0.2, -0.15) is 0 Å². The minimum absolute atomic E-state index is 0.557. The fourth-order valence-electron chi connectivity index (χ4n) is 4.00. The Morgan fingerprint density at radius 1 is 0.607 bits per heavy atom. The summed E-state index contributed by atoms with van der Waals surface area (Å²) >= 11 is 0. The third kappa shape index (κ3) is 3.11. The van der Waals surface area contributed by atoms with Gasteiger partial charge in [0.15, 0.2) is 11.5 Å². The van der Waals surface area contributed by atoms with Crippen LogP contribution in [0.4, 0.5) is 0 Å². The highest BCUT2D eigenvalue weighted by molar-refractivity contribution is 5.87. The van der Waals surface area contributed by atoms with Crippen molar-refractivity contribution in [3.05, 3.63) is 65.7 Å². The second-order valence-electron chi connectivity index (χ2n) is 6.73. The van der Waals surface area contributed by atoms with Gasteiger partial charge in [-0.1, -0.05) is 42.5 Å². The molecule has 0 spiro atoms. The SMILES string of the molecule is CCOc1ccc(-c2cccc3c2Cc2ccccc2-3)c(OCC)c1OCC. The fraction of sp³-hybridized carbons (Fsp3) is 0.280. The monoisotopic (exact) mass is 374 g/mol. The van der Waals surface area contributed by atoms with E-state index in [4.69, 9.17) is 14.2 Å². The van der Waals surface area contributed by atoms with Crippen LogP contribution in [0.15, 0.2) is 54.6 Å². The molecular weight excluding hydrogens is 348 g/mol. The Morgan fingerprint density at radius 2 is 1.25 bits per heavy atom. The van der Waals surface area contributed by atoms with E-state index in [-0.39, 0.29) is 0 Å². The summed E-state index contributed by atoms with van der Waals surface area (Å²) < 4.78 is 17.9. The Kier molecular flexibility index (Phi) is 5.25. The smallest absolute Gasteiger partial charge is 0.204 e. The molecule has 0 heterocycles. The average Bonchev–Trinajstić information content (AvgIpc) is 3.10. The second kappa shape index (κ2) is 7.97. The highest BCUT2D eigenvalue weighted by atomic mass is 16.5. The van der Waals surface area contributed by atoms with Gasteiger partial charge in [0.2, 0.25) is 5.75 Å². The molecule has 0 bridgehead atoms. The Hall–Kier alpha value is -2.94. The van der Waals surface area contributed by atoms with Gasteiger partial charge in [0, 0.05) is 5.56 Å². The van der Waals surface area contributed by atoms with Crippen LogP contribution < -0.4 is 14.2 Å². The molecule has 4 rings (SSSR count). The number of hydrogen-bond donors (Lipinski definition) is 0. The Morgan fingerprint density at radius 3 is 2.00 bits per heavy atom. The van der Waals surface area contributed by atoms with Crippen LogP contribution in [0.5, 0.6) is 17.2 Å². The number of hydrogen-bond acceptors (Lipinski definition) is 3. The zero-order chi connectivity index (χ0) is 19.5. The maximum atomic E-state index is 6.09. The van der Waals surface area contributed by atoms with Gasteiger partial charge in [0.25, 0.3) is 0 Å². The van der Waals surface area contributed by atoms with Crippen molar-refractivity contribution in [2.24, 2.45) is 0 Å². The van der Waals surface area contributed by atoms with Crippen LogP contribution in [0.1, 0.15) is 31.9 Å². The first-order valence-corrected chi connectivity index (χ1v) is 10.0. The van der Waals surface area contributed by atoms with E-state index >= 15 is 0 Å². The van der Waals surface area contributed by atoms with E-state index in [1.807, 2.05) is 26.8 Å². The zero-order valence-corrected chi connectivity index (χ0v) is 16.7. The molecule has 144 valence electrons. The largest absolute Gasteiger partial charge is 0.490 e. The molecule has 0 aliphatic heterocycles. The zero-order valence-electron chi connectivity index (χ0n) is 16.7. The van der Waals surface area contributed by atoms with Gasteiger partial charge in [-0.3, -0.25) is 0 Å². The molecule has 1 aliphatic rings. The van der Waals surface area contributed by atoms with Gasteiger partial charge in [0.1, 0.15) is 0 Å². The lowest BCUT2D eigenvalue weighted by Gasteiger charge is -2.20. The van der Waals surface area contributed by atoms with Crippen LogP contribution in [0.25, 0.3) is 22.3 Å². The summed E-state index contributed by atoms with van der Waals surface area (Å²) in [6, 6.07) is 19.2. The van der Waals surface area contributed by atoms with Gasteiger partial charge in [0.05, 0.1) is 19.8 Å². The van der Waals surface area contributed by atoms with E-state index in [1.165, 1.54) is 27.8 Å². The van der Waals surface area contributed by atoms with Crippen LogP contribution in [0, 0.1) is 0 Å². The van der Waals surface area contributed by atoms with Gasteiger partial charge in [-0.15, -0.1) is 0 Å². The molecule has 3 nitrogen and oxygen atoms in total. The lowest BCUT2D eigenvalue weighted by atomic mass is 9.94. The average molecular weight is 374 g/mol. The van der Waals surface area contributed by atoms with Crippen molar-refractivity contribution < 1.29 is 14.2 Å². The summed E-state index contributed by atoms with van der Waals surface area (Å²) in [6.07, 6.45) is 0.935. The molecule has 3 heteroatoms. The van der Waals surface area contributed by atoms with Crippen LogP contribution >= 0.6 is 0 Å². The maximum absolute atomic E-state index is 6.09. The molecule has 1 aliphatic carbocycles. The fourth-order valence-corrected chi connectivity index (χ4v) is 4.00. The van der Waals surface area contributed by atoms with Gasteiger partial charge < -0.3 is 14.2 Å². The molecule has 3 aromatic rings. The van der Waals surface area contributed by atoms with Gasteiger partial charge in [-0.05, 0) is 67.1 Å². The van der Waals surface area contributed by atoms with Crippen LogP contribution in [-0.2, 0) is 6.42 Å². The van der Waals surface area contributed by atoms with Crippen LogP contribution in [-0.4, -0.2) is 19.8 Å². The molecule has 0 aromatic heterocycles. The Balaban J connectivity index is 1.90. The highest BCUT2D eigenvalue weighted by Gasteiger charge is 2.25. The molecule has 0 saturated carbocycles. The third-order valence-electron chi connectivity index (χ3n) is 5.09. The van der Waals surface area contributed by atoms with Crippen LogP contribution in [0.2, 0.25) is 0 Å². The van der Waals surface area contributed by atoms with Crippen molar-refractivity contribution >= 4 is 0 Å². The molecule has 0 radical (unpaired) electrons. The quantitative estimate of drug-likeness (QED) is 0.390. The maximum Gasteiger partial charge on any atom is 0.204 e. The highest BCUT2D eigenvalue weighted by Crippen LogP contribution is 2.48. The van der Waals surface area contributed by atoms with Gasteiger partial charge in [-0.25, -0.2) is 0 Å². The predicted octanol–water partition coefficient (Wildman–Crippen LogP) is 6.12. The van der Waals surface area contributed by atoms with Gasteiger partial charge >= 0.3 is 0 Å². The van der Waals surface area contributed by atoms with E-state index in [2.05, 4.69) is 48.5 Å². The first kappa shape index (κ1) is 18.4. The summed E-state index contributed by atoms with van der Waals surface area (Å²) in [5.41, 5.74) is 7.60.